The summed E-state index contributed by atoms with van der Waals surface area (Å²) in [6.07, 6.45) is 1.30. The molecule has 1 amide bonds. The van der Waals surface area contributed by atoms with Crippen molar-refractivity contribution in [2.24, 2.45) is 11.8 Å². The lowest BCUT2D eigenvalue weighted by atomic mass is 9.93. The summed E-state index contributed by atoms with van der Waals surface area (Å²) in [5.74, 6) is 1.05. The van der Waals surface area contributed by atoms with Crippen LogP contribution in [0, 0.1) is 17.7 Å². The van der Waals surface area contributed by atoms with Crippen LogP contribution in [0.1, 0.15) is 18.9 Å². The Morgan fingerprint density at radius 3 is 3.05 bits per heavy atom. The van der Waals surface area contributed by atoms with Crippen molar-refractivity contribution >= 4 is 5.91 Å². The van der Waals surface area contributed by atoms with Crippen LogP contribution in [0.5, 0.6) is 0 Å². The van der Waals surface area contributed by atoms with E-state index in [2.05, 4.69) is 12.2 Å². The van der Waals surface area contributed by atoms with Crippen molar-refractivity contribution in [3.63, 3.8) is 0 Å². The minimum atomic E-state index is -0.273. The van der Waals surface area contributed by atoms with Crippen LogP contribution < -0.4 is 5.32 Å². The number of amides is 1. The first-order valence-electron chi connectivity index (χ1n) is 7.43. The fourth-order valence-electron chi connectivity index (χ4n) is 3.76. The number of carbonyl (C=O) groups excluding carboxylic acids is 1. The molecule has 1 N–H and O–H groups in total. The van der Waals surface area contributed by atoms with E-state index >= 15 is 0 Å². The van der Waals surface area contributed by atoms with Crippen molar-refractivity contribution < 1.29 is 9.18 Å². The van der Waals surface area contributed by atoms with Gasteiger partial charge in [0, 0.05) is 25.7 Å². The number of nitrogens with one attached hydrogen (secondary N) is 1. The zero-order chi connectivity index (χ0) is 14.1. The Labute approximate surface area is 119 Å². The van der Waals surface area contributed by atoms with Crippen molar-refractivity contribution in [3.8, 4) is 0 Å². The van der Waals surface area contributed by atoms with Gasteiger partial charge in [-0.2, -0.15) is 0 Å². The molecule has 0 aliphatic carbocycles. The number of fused-ring (bicyclic) bond motifs is 1. The number of hydrogen-bond donors (Lipinski definition) is 1. The van der Waals surface area contributed by atoms with Gasteiger partial charge in [0.25, 0.3) is 0 Å². The molecule has 0 bridgehead atoms. The minimum Gasteiger partial charge on any atom is -0.339 e. The van der Waals surface area contributed by atoms with Gasteiger partial charge in [-0.1, -0.05) is 19.1 Å². The lowest BCUT2D eigenvalue weighted by Crippen LogP contribution is -2.40. The maximum absolute atomic E-state index is 13.2. The third-order valence-electron chi connectivity index (χ3n) is 4.70. The Morgan fingerprint density at radius 2 is 2.30 bits per heavy atom. The highest BCUT2D eigenvalue weighted by atomic mass is 19.1. The topological polar surface area (TPSA) is 32.3 Å². The molecule has 1 aromatic rings. The van der Waals surface area contributed by atoms with Crippen molar-refractivity contribution in [2.75, 3.05) is 19.6 Å². The third kappa shape index (κ3) is 2.44. The maximum atomic E-state index is 13.2. The van der Waals surface area contributed by atoms with E-state index in [9.17, 15) is 9.18 Å². The van der Waals surface area contributed by atoms with Crippen LogP contribution in [0.15, 0.2) is 24.3 Å². The van der Waals surface area contributed by atoms with Crippen LogP contribution in [-0.2, 0) is 11.2 Å². The predicted molar refractivity (Wildman–Crippen MR) is 75.7 cm³/mol. The van der Waals surface area contributed by atoms with Crippen LogP contribution in [0.2, 0.25) is 0 Å². The van der Waals surface area contributed by atoms with Gasteiger partial charge in [-0.05, 0) is 36.0 Å². The fraction of sp³-hybridized carbons (Fsp3) is 0.562. The summed E-state index contributed by atoms with van der Waals surface area (Å²) in [6.45, 7) is 5.04. The second-order valence-electron chi connectivity index (χ2n) is 5.91. The molecule has 2 saturated heterocycles. The summed E-state index contributed by atoms with van der Waals surface area (Å²) in [5, 5.41) is 3.42. The number of halogens is 1. The van der Waals surface area contributed by atoms with E-state index in [-0.39, 0.29) is 11.7 Å². The Kier molecular flexibility index (Phi) is 3.74. The number of likely N-dealkylation sites (tertiary alicyclic amines) is 1. The van der Waals surface area contributed by atoms with Crippen LogP contribution in [0.25, 0.3) is 0 Å². The molecule has 4 heteroatoms. The molecule has 0 saturated carbocycles. The van der Waals surface area contributed by atoms with Crippen molar-refractivity contribution in [1.82, 2.24) is 10.2 Å². The van der Waals surface area contributed by atoms with Gasteiger partial charge in [0.2, 0.25) is 5.91 Å². The minimum absolute atomic E-state index is 0.136. The average Bonchev–Trinajstić information content (AvgIpc) is 2.98. The highest BCUT2D eigenvalue weighted by molar-refractivity contribution is 5.79. The summed E-state index contributed by atoms with van der Waals surface area (Å²) in [5.41, 5.74) is 0.764. The second-order valence-corrected chi connectivity index (χ2v) is 5.91. The fourth-order valence-corrected chi connectivity index (χ4v) is 3.76. The van der Waals surface area contributed by atoms with E-state index in [0.29, 0.717) is 24.3 Å². The van der Waals surface area contributed by atoms with E-state index in [1.54, 1.807) is 6.07 Å². The molecule has 2 fully saturated rings. The normalized spacial score (nSPS) is 28.7. The first-order valence-corrected chi connectivity index (χ1v) is 7.43. The van der Waals surface area contributed by atoms with Crippen LogP contribution >= 0.6 is 0 Å². The van der Waals surface area contributed by atoms with E-state index < -0.39 is 0 Å². The quantitative estimate of drug-likeness (QED) is 0.913. The van der Waals surface area contributed by atoms with Gasteiger partial charge in [-0.25, -0.2) is 4.39 Å². The van der Waals surface area contributed by atoms with Crippen molar-refractivity contribution in [3.05, 3.63) is 35.6 Å². The summed E-state index contributed by atoms with van der Waals surface area (Å²) in [6, 6.07) is 6.70. The Bertz CT molecular complexity index is 505. The zero-order valence-electron chi connectivity index (χ0n) is 11.8. The largest absolute Gasteiger partial charge is 0.339 e. The number of rotatable bonds is 3. The number of nitrogens with zero attached hydrogens (tertiary/aromatic N) is 1. The van der Waals surface area contributed by atoms with Crippen LogP contribution in [-0.4, -0.2) is 36.5 Å². The standard InChI is InChI=1S/C16H21FN2O/c1-2-15-14-9-18-8-12(14)10-19(15)16(20)7-11-4-3-5-13(17)6-11/h3-6,12,14-15,18H,2,7-10H2,1H3. The van der Waals surface area contributed by atoms with Gasteiger partial charge in [0.15, 0.2) is 0 Å². The van der Waals surface area contributed by atoms with Crippen LogP contribution in [0.4, 0.5) is 4.39 Å². The molecular weight excluding hydrogens is 255 g/mol. The van der Waals surface area contributed by atoms with E-state index in [0.717, 1.165) is 31.6 Å². The predicted octanol–water partition coefficient (Wildman–Crippen LogP) is 1.82. The lowest BCUT2D eigenvalue weighted by Gasteiger charge is -2.27. The maximum Gasteiger partial charge on any atom is 0.227 e. The molecule has 2 aliphatic rings. The number of benzene rings is 1. The highest BCUT2D eigenvalue weighted by Gasteiger charge is 2.44. The summed E-state index contributed by atoms with van der Waals surface area (Å²) in [7, 11) is 0. The van der Waals surface area contributed by atoms with Crippen molar-refractivity contribution in [2.45, 2.75) is 25.8 Å². The molecule has 1 aromatic carbocycles. The average molecular weight is 276 g/mol. The van der Waals surface area contributed by atoms with Gasteiger partial charge in [-0.3, -0.25) is 4.79 Å². The summed E-state index contributed by atoms with van der Waals surface area (Å²) < 4.78 is 13.2. The van der Waals surface area contributed by atoms with Crippen LogP contribution in [0.3, 0.4) is 0 Å². The molecule has 2 heterocycles. The molecule has 0 radical (unpaired) electrons. The lowest BCUT2D eigenvalue weighted by molar-refractivity contribution is -0.131. The highest BCUT2D eigenvalue weighted by Crippen LogP contribution is 2.34. The number of hydrogen-bond acceptors (Lipinski definition) is 2. The van der Waals surface area contributed by atoms with Crippen molar-refractivity contribution in [1.29, 1.82) is 0 Å². The molecule has 0 aromatic heterocycles. The zero-order valence-corrected chi connectivity index (χ0v) is 11.8. The second kappa shape index (κ2) is 5.52. The SMILES string of the molecule is CCC1C2CNCC2CN1C(=O)Cc1cccc(F)c1. The molecule has 108 valence electrons. The molecule has 3 atom stereocenters. The van der Waals surface area contributed by atoms with Gasteiger partial charge in [-0.15, -0.1) is 0 Å². The number of carbonyl (C=O) groups is 1. The van der Waals surface area contributed by atoms with Gasteiger partial charge < -0.3 is 10.2 Å². The van der Waals surface area contributed by atoms with E-state index in [1.807, 2.05) is 11.0 Å². The summed E-state index contributed by atoms with van der Waals surface area (Å²) in [4.78, 5) is 14.5. The first kappa shape index (κ1) is 13.6. The Hall–Kier alpha value is -1.42. The van der Waals surface area contributed by atoms with Gasteiger partial charge in [0.05, 0.1) is 6.42 Å². The molecule has 20 heavy (non-hydrogen) atoms. The van der Waals surface area contributed by atoms with E-state index in [1.165, 1.54) is 12.1 Å². The smallest absolute Gasteiger partial charge is 0.227 e. The van der Waals surface area contributed by atoms with Gasteiger partial charge in [0.1, 0.15) is 5.82 Å². The molecule has 3 nitrogen and oxygen atoms in total. The third-order valence-corrected chi connectivity index (χ3v) is 4.70. The first-order chi connectivity index (χ1) is 9.69. The molecular formula is C16H21FN2O. The van der Waals surface area contributed by atoms with Gasteiger partial charge >= 0.3 is 0 Å². The molecule has 3 unspecified atom stereocenters. The molecule has 0 spiro atoms. The Morgan fingerprint density at radius 1 is 1.45 bits per heavy atom. The summed E-state index contributed by atoms with van der Waals surface area (Å²) >= 11 is 0. The Balaban J connectivity index is 1.71. The molecule has 2 aliphatic heterocycles. The van der Waals surface area contributed by atoms with E-state index in [4.69, 9.17) is 0 Å². The molecule has 3 rings (SSSR count). The monoisotopic (exact) mass is 276 g/mol.